The molecule has 1 amide bonds. The molecule has 1 aromatic carbocycles. The molecule has 3 heterocycles. The van der Waals surface area contributed by atoms with E-state index in [1.54, 1.807) is 11.3 Å². The number of aryl methyl sites for hydroxylation is 2. The second kappa shape index (κ2) is 8.12. The molecule has 2 aromatic rings. The Kier molecular flexibility index (Phi) is 5.72. The zero-order valence-electron chi connectivity index (χ0n) is 16.3. The van der Waals surface area contributed by atoms with Crippen LogP contribution in [0.1, 0.15) is 26.4 Å². The van der Waals surface area contributed by atoms with Gasteiger partial charge in [-0.3, -0.25) is 9.79 Å². The summed E-state index contributed by atoms with van der Waals surface area (Å²) in [4.78, 5) is 18.4. The van der Waals surface area contributed by atoms with E-state index in [0.29, 0.717) is 12.1 Å². The molecule has 154 valence electrons. The van der Waals surface area contributed by atoms with Gasteiger partial charge in [-0.1, -0.05) is 17.8 Å². The van der Waals surface area contributed by atoms with Crippen LogP contribution in [0.3, 0.4) is 0 Å². The van der Waals surface area contributed by atoms with E-state index in [1.807, 2.05) is 25.1 Å². The van der Waals surface area contributed by atoms with Crippen molar-refractivity contribution >= 4 is 49.7 Å². The Morgan fingerprint density at radius 3 is 2.76 bits per heavy atom. The summed E-state index contributed by atoms with van der Waals surface area (Å²) in [6, 6.07) is 7.48. The highest BCUT2D eigenvalue weighted by Gasteiger charge is 2.42. The molecule has 2 aliphatic heterocycles. The summed E-state index contributed by atoms with van der Waals surface area (Å²) < 4.78 is 23.4. The zero-order chi connectivity index (χ0) is 20.6. The first kappa shape index (κ1) is 20.4. The van der Waals surface area contributed by atoms with Crippen LogP contribution < -0.4 is 10.6 Å². The Labute approximate surface area is 179 Å². The molecule has 0 bridgehead atoms. The lowest BCUT2D eigenvalue weighted by atomic mass is 10.1. The number of carbonyl (C=O) groups is 1. The average molecular weight is 450 g/mol. The van der Waals surface area contributed by atoms with Crippen molar-refractivity contribution in [3.63, 3.8) is 0 Å². The number of thiophene rings is 1. The molecule has 1 saturated heterocycles. The molecule has 4 rings (SSSR count). The van der Waals surface area contributed by atoms with E-state index < -0.39 is 9.84 Å². The molecule has 0 spiro atoms. The molecular formula is C20H23N3O3S3. The molecule has 9 heteroatoms. The lowest BCUT2D eigenvalue weighted by molar-refractivity contribution is 0.0954. The van der Waals surface area contributed by atoms with Gasteiger partial charge in [0, 0.05) is 27.9 Å². The van der Waals surface area contributed by atoms with Crippen molar-refractivity contribution in [3.8, 4) is 0 Å². The monoisotopic (exact) mass is 449 g/mol. The highest BCUT2D eigenvalue weighted by atomic mass is 32.2. The number of benzene rings is 1. The van der Waals surface area contributed by atoms with Crippen LogP contribution in [-0.2, 0) is 16.3 Å². The van der Waals surface area contributed by atoms with Crippen LogP contribution in [-0.4, -0.2) is 48.8 Å². The minimum atomic E-state index is -2.96. The van der Waals surface area contributed by atoms with E-state index in [1.165, 1.54) is 22.2 Å². The van der Waals surface area contributed by atoms with Crippen molar-refractivity contribution in [3.05, 3.63) is 51.2 Å². The Morgan fingerprint density at radius 1 is 1.21 bits per heavy atom. The second-order valence-electron chi connectivity index (χ2n) is 7.42. The number of rotatable bonds is 5. The fourth-order valence-electron chi connectivity index (χ4n) is 3.48. The van der Waals surface area contributed by atoms with Crippen molar-refractivity contribution in [2.45, 2.75) is 31.6 Å². The smallest absolute Gasteiger partial charge is 0.251 e. The highest BCUT2D eigenvalue weighted by Crippen LogP contribution is 2.35. The molecule has 6 nitrogen and oxygen atoms in total. The number of hydrogen-bond acceptors (Lipinski definition) is 7. The molecule has 0 saturated carbocycles. The number of fused-ring (bicyclic) bond motifs is 1. The lowest BCUT2D eigenvalue weighted by Gasteiger charge is -2.12. The van der Waals surface area contributed by atoms with Crippen molar-refractivity contribution in [2.75, 3.05) is 23.4 Å². The number of aliphatic imine (C=N–C) groups is 1. The summed E-state index contributed by atoms with van der Waals surface area (Å²) in [7, 11) is -2.96. The van der Waals surface area contributed by atoms with Crippen LogP contribution in [0, 0.1) is 13.8 Å². The number of nitrogens with zero attached hydrogens (tertiary/aromatic N) is 1. The van der Waals surface area contributed by atoms with Crippen LogP contribution in [0.25, 0.3) is 0 Å². The third-order valence-electron chi connectivity index (χ3n) is 5.17. The molecule has 29 heavy (non-hydrogen) atoms. The number of nitrogens with one attached hydrogen (secondary N) is 2. The van der Waals surface area contributed by atoms with E-state index in [0.717, 1.165) is 22.8 Å². The van der Waals surface area contributed by atoms with E-state index in [2.05, 4.69) is 34.0 Å². The van der Waals surface area contributed by atoms with Gasteiger partial charge in [0.2, 0.25) is 0 Å². The Balaban J connectivity index is 1.39. The molecule has 2 aliphatic rings. The van der Waals surface area contributed by atoms with Crippen LogP contribution in [0.2, 0.25) is 0 Å². The molecule has 2 atom stereocenters. The Hall–Kier alpha value is -1.84. The number of amides is 1. The quantitative estimate of drug-likeness (QED) is 0.733. The predicted molar refractivity (Wildman–Crippen MR) is 121 cm³/mol. The third kappa shape index (κ3) is 4.67. The van der Waals surface area contributed by atoms with Gasteiger partial charge in [0.1, 0.15) is 0 Å². The minimum absolute atomic E-state index is 0.00463. The maximum Gasteiger partial charge on any atom is 0.251 e. The number of carbonyl (C=O) groups excluding carboxylic acids is 1. The van der Waals surface area contributed by atoms with E-state index >= 15 is 0 Å². The van der Waals surface area contributed by atoms with Crippen LogP contribution in [0.5, 0.6) is 0 Å². The average Bonchev–Trinajstić information content (AvgIpc) is 3.29. The minimum Gasteiger partial charge on any atom is -0.352 e. The molecule has 2 N–H and O–H groups in total. The third-order valence-corrected chi connectivity index (χ3v) is 9.39. The molecule has 0 radical (unpaired) electrons. The maximum absolute atomic E-state index is 12.6. The molecule has 0 aliphatic carbocycles. The molecule has 1 fully saturated rings. The first-order valence-corrected chi connectivity index (χ1v) is 13.0. The number of thioether (sulfide) groups is 1. The largest absolute Gasteiger partial charge is 0.352 e. The van der Waals surface area contributed by atoms with Gasteiger partial charge in [0.15, 0.2) is 15.0 Å². The zero-order valence-corrected chi connectivity index (χ0v) is 18.7. The van der Waals surface area contributed by atoms with Crippen molar-refractivity contribution < 1.29 is 13.2 Å². The van der Waals surface area contributed by atoms with Crippen LogP contribution in [0.4, 0.5) is 5.69 Å². The predicted octanol–water partition coefficient (Wildman–Crippen LogP) is 3.02. The number of sulfone groups is 1. The number of amidine groups is 1. The van der Waals surface area contributed by atoms with Gasteiger partial charge in [-0.25, -0.2) is 8.42 Å². The second-order valence-corrected chi connectivity index (χ2v) is 11.8. The Bertz CT molecular complexity index is 1080. The highest BCUT2D eigenvalue weighted by molar-refractivity contribution is 8.15. The summed E-state index contributed by atoms with van der Waals surface area (Å²) >= 11 is 3.19. The van der Waals surface area contributed by atoms with Gasteiger partial charge in [0.05, 0.1) is 17.5 Å². The Morgan fingerprint density at radius 2 is 2.03 bits per heavy atom. The normalized spacial score (nSPS) is 22.2. The standard InChI is InChI=1S/C20H23N3O3S3/c1-12-3-4-14(19(24)21-7-5-17-13(2)6-8-27-17)9-15(12)22-20-23-16-10-29(25,26)11-18(16)28-20/h3-4,6,8-9,16,18H,5,7,10-11H2,1-2H3,(H,21,24)(H,22,23)/t16-,18-/m1/s1. The summed E-state index contributed by atoms with van der Waals surface area (Å²) in [5, 5.41) is 9.06. The lowest BCUT2D eigenvalue weighted by Crippen LogP contribution is -2.25. The van der Waals surface area contributed by atoms with Gasteiger partial charge < -0.3 is 10.6 Å². The van der Waals surface area contributed by atoms with Crippen LogP contribution >= 0.6 is 23.1 Å². The van der Waals surface area contributed by atoms with Crippen molar-refractivity contribution in [1.29, 1.82) is 0 Å². The first-order valence-electron chi connectivity index (χ1n) is 9.44. The number of hydrogen-bond donors (Lipinski definition) is 2. The summed E-state index contributed by atoms with van der Waals surface area (Å²) in [5.74, 6) is 0.203. The van der Waals surface area contributed by atoms with Crippen LogP contribution in [0.15, 0.2) is 34.6 Å². The SMILES string of the molecule is Cc1ccc(C(=O)NCCc2sccc2C)cc1NC1=N[C@@H]2CS(=O)(=O)C[C@H]2S1. The van der Waals surface area contributed by atoms with Gasteiger partial charge in [0.25, 0.3) is 5.91 Å². The van der Waals surface area contributed by atoms with E-state index in [-0.39, 0.29) is 28.7 Å². The topological polar surface area (TPSA) is 87.6 Å². The summed E-state index contributed by atoms with van der Waals surface area (Å²) in [5.41, 5.74) is 3.68. The van der Waals surface area contributed by atoms with E-state index in [9.17, 15) is 13.2 Å². The molecule has 1 aromatic heterocycles. The van der Waals surface area contributed by atoms with Gasteiger partial charge in [-0.2, -0.15) is 0 Å². The van der Waals surface area contributed by atoms with E-state index in [4.69, 9.17) is 0 Å². The van der Waals surface area contributed by atoms with Crippen molar-refractivity contribution in [1.82, 2.24) is 5.32 Å². The fourth-order valence-corrected chi connectivity index (χ4v) is 8.06. The molecule has 0 unspecified atom stereocenters. The molecular weight excluding hydrogens is 426 g/mol. The van der Waals surface area contributed by atoms with Gasteiger partial charge in [-0.15, -0.1) is 11.3 Å². The first-order chi connectivity index (χ1) is 13.8. The summed E-state index contributed by atoms with van der Waals surface area (Å²) in [6.07, 6.45) is 0.825. The maximum atomic E-state index is 12.6. The summed E-state index contributed by atoms with van der Waals surface area (Å²) in [6.45, 7) is 4.64. The number of anilines is 1. The van der Waals surface area contributed by atoms with Gasteiger partial charge in [-0.05, 0) is 55.0 Å². The fraction of sp³-hybridized carbons (Fsp3) is 0.400. The van der Waals surface area contributed by atoms with Crippen molar-refractivity contribution in [2.24, 2.45) is 4.99 Å². The van der Waals surface area contributed by atoms with Gasteiger partial charge >= 0.3 is 0 Å².